The van der Waals surface area contributed by atoms with Crippen LogP contribution in [0.4, 0.5) is 5.69 Å². The number of likely N-dealkylation sites (N-methyl/N-ethyl adjacent to an activating group) is 1. The Balaban J connectivity index is 1.92. The van der Waals surface area contributed by atoms with Crippen molar-refractivity contribution in [1.29, 1.82) is 0 Å². The van der Waals surface area contributed by atoms with E-state index in [1.54, 1.807) is 25.1 Å². The monoisotopic (exact) mass is 411 g/mol. The first-order chi connectivity index (χ1) is 14.4. The predicted molar refractivity (Wildman–Crippen MR) is 112 cm³/mol. The van der Waals surface area contributed by atoms with E-state index in [-0.39, 0.29) is 23.8 Å². The molecule has 0 spiro atoms. The van der Waals surface area contributed by atoms with Crippen molar-refractivity contribution in [2.45, 2.75) is 26.3 Å². The van der Waals surface area contributed by atoms with Gasteiger partial charge in [-0.25, -0.2) is 4.79 Å². The Morgan fingerprint density at radius 2 is 1.60 bits per heavy atom. The molecule has 158 valence electrons. The van der Waals surface area contributed by atoms with Crippen LogP contribution in [-0.2, 0) is 25.5 Å². The second kappa shape index (κ2) is 11.4. The van der Waals surface area contributed by atoms with E-state index in [1.165, 1.54) is 13.0 Å². The van der Waals surface area contributed by atoms with E-state index in [9.17, 15) is 19.2 Å². The number of esters is 1. The van der Waals surface area contributed by atoms with Crippen LogP contribution in [0.5, 0.6) is 0 Å². The van der Waals surface area contributed by atoms with Crippen LogP contribution in [0.1, 0.15) is 29.8 Å². The minimum absolute atomic E-state index is 0.128. The Bertz CT molecular complexity index is 899. The summed E-state index contributed by atoms with van der Waals surface area (Å²) in [4.78, 5) is 48.3. The third-order valence-electron chi connectivity index (χ3n) is 4.08. The molecule has 8 heteroatoms. The summed E-state index contributed by atoms with van der Waals surface area (Å²) in [7, 11) is 0. The van der Waals surface area contributed by atoms with Crippen molar-refractivity contribution in [3.8, 4) is 0 Å². The minimum atomic E-state index is -0.758. The van der Waals surface area contributed by atoms with Crippen molar-refractivity contribution in [2.75, 3.05) is 18.5 Å². The van der Waals surface area contributed by atoms with E-state index in [2.05, 4.69) is 16.0 Å². The summed E-state index contributed by atoms with van der Waals surface area (Å²) in [6.45, 7) is 3.20. The Kier molecular flexibility index (Phi) is 8.56. The highest BCUT2D eigenvalue weighted by Crippen LogP contribution is 2.17. The van der Waals surface area contributed by atoms with Crippen molar-refractivity contribution in [3.05, 3.63) is 65.7 Å². The van der Waals surface area contributed by atoms with Gasteiger partial charge in [0.25, 0.3) is 5.91 Å². The average molecular weight is 411 g/mol. The van der Waals surface area contributed by atoms with Gasteiger partial charge in [-0.1, -0.05) is 42.5 Å². The fraction of sp³-hybridized carbons (Fsp3) is 0.273. The molecule has 0 unspecified atom stereocenters. The molecule has 2 aromatic carbocycles. The molecule has 1 atom stereocenters. The second-order valence-corrected chi connectivity index (χ2v) is 6.52. The molecule has 30 heavy (non-hydrogen) atoms. The summed E-state index contributed by atoms with van der Waals surface area (Å²) in [5.74, 6) is -1.97. The zero-order valence-corrected chi connectivity index (χ0v) is 16.9. The van der Waals surface area contributed by atoms with Gasteiger partial charge in [-0.2, -0.15) is 0 Å². The Morgan fingerprint density at radius 3 is 2.30 bits per heavy atom. The van der Waals surface area contributed by atoms with Crippen molar-refractivity contribution < 1.29 is 23.9 Å². The third kappa shape index (κ3) is 7.05. The molecular weight excluding hydrogens is 386 g/mol. The first-order valence-electron chi connectivity index (χ1n) is 9.57. The maximum Gasteiger partial charge on any atom is 0.340 e. The fourth-order valence-corrected chi connectivity index (χ4v) is 2.63. The fourth-order valence-electron chi connectivity index (χ4n) is 2.63. The van der Waals surface area contributed by atoms with Crippen LogP contribution in [0.2, 0.25) is 0 Å². The van der Waals surface area contributed by atoms with Gasteiger partial charge in [0.05, 0.1) is 17.7 Å². The molecule has 0 aliphatic carbocycles. The van der Waals surface area contributed by atoms with Crippen LogP contribution in [0.15, 0.2) is 54.6 Å². The van der Waals surface area contributed by atoms with Crippen LogP contribution in [0, 0.1) is 0 Å². The lowest BCUT2D eigenvalue weighted by Crippen LogP contribution is -2.46. The Morgan fingerprint density at radius 1 is 0.933 bits per heavy atom. The number of amides is 3. The average Bonchev–Trinajstić information content (AvgIpc) is 2.73. The van der Waals surface area contributed by atoms with Gasteiger partial charge < -0.3 is 20.7 Å². The molecule has 8 nitrogen and oxygen atoms in total. The highest BCUT2D eigenvalue weighted by molar-refractivity contribution is 6.02. The summed E-state index contributed by atoms with van der Waals surface area (Å²) in [6.07, 6.45) is 0.157. The predicted octanol–water partition coefficient (Wildman–Crippen LogP) is 1.67. The third-order valence-corrected chi connectivity index (χ3v) is 4.08. The summed E-state index contributed by atoms with van der Waals surface area (Å²) in [5.41, 5.74) is 1.26. The molecule has 0 saturated heterocycles. The lowest BCUT2D eigenvalue weighted by atomic mass is 10.1. The standard InChI is InChI=1S/C22H25N3O5/c1-3-23-21(28)15(2)24-20(27)14-30-22(29)17-11-7-8-12-18(17)25-19(26)13-16-9-5-4-6-10-16/h4-12,15H,3,13-14H2,1-2H3,(H,23,28)(H,24,27)(H,25,26)/t15-/m1/s1. The maximum atomic E-state index is 12.4. The molecule has 0 bridgehead atoms. The molecule has 0 saturated carbocycles. The number of carbonyl (C=O) groups is 4. The molecular formula is C22H25N3O5. The van der Waals surface area contributed by atoms with E-state index in [0.29, 0.717) is 12.2 Å². The topological polar surface area (TPSA) is 114 Å². The van der Waals surface area contributed by atoms with Crippen LogP contribution >= 0.6 is 0 Å². The van der Waals surface area contributed by atoms with E-state index in [0.717, 1.165) is 5.56 Å². The number of hydrogen-bond donors (Lipinski definition) is 3. The van der Waals surface area contributed by atoms with Gasteiger partial charge >= 0.3 is 5.97 Å². The minimum Gasteiger partial charge on any atom is -0.452 e. The number of carbonyl (C=O) groups excluding carboxylic acids is 4. The highest BCUT2D eigenvalue weighted by Gasteiger charge is 2.18. The van der Waals surface area contributed by atoms with Gasteiger partial charge in [0.15, 0.2) is 6.61 Å². The van der Waals surface area contributed by atoms with E-state index in [1.807, 2.05) is 30.3 Å². The molecule has 2 rings (SSSR count). The van der Waals surface area contributed by atoms with Crippen LogP contribution < -0.4 is 16.0 Å². The van der Waals surface area contributed by atoms with Crippen molar-refractivity contribution >= 4 is 29.4 Å². The van der Waals surface area contributed by atoms with Gasteiger partial charge in [-0.3, -0.25) is 14.4 Å². The Hall–Kier alpha value is -3.68. The first kappa shape index (κ1) is 22.6. The van der Waals surface area contributed by atoms with Crippen LogP contribution in [0.3, 0.4) is 0 Å². The smallest absolute Gasteiger partial charge is 0.340 e. The second-order valence-electron chi connectivity index (χ2n) is 6.52. The van der Waals surface area contributed by atoms with E-state index >= 15 is 0 Å². The highest BCUT2D eigenvalue weighted by atomic mass is 16.5. The first-order valence-corrected chi connectivity index (χ1v) is 9.57. The molecule has 3 N–H and O–H groups in total. The molecule has 0 aliphatic heterocycles. The molecule has 3 amide bonds. The number of anilines is 1. The van der Waals surface area contributed by atoms with Crippen molar-refractivity contribution in [2.24, 2.45) is 0 Å². The Labute approximate surface area is 175 Å². The van der Waals surface area contributed by atoms with E-state index < -0.39 is 24.5 Å². The van der Waals surface area contributed by atoms with E-state index in [4.69, 9.17) is 4.74 Å². The van der Waals surface area contributed by atoms with Gasteiger partial charge in [-0.15, -0.1) is 0 Å². The van der Waals surface area contributed by atoms with Gasteiger partial charge in [0.2, 0.25) is 11.8 Å². The van der Waals surface area contributed by atoms with Gasteiger partial charge in [0, 0.05) is 6.54 Å². The lowest BCUT2D eigenvalue weighted by Gasteiger charge is -2.14. The molecule has 0 aliphatic rings. The van der Waals surface area contributed by atoms with Crippen LogP contribution in [-0.4, -0.2) is 42.9 Å². The van der Waals surface area contributed by atoms with Crippen molar-refractivity contribution in [1.82, 2.24) is 10.6 Å². The summed E-state index contributed by atoms with van der Waals surface area (Å²) in [5, 5.41) is 7.73. The molecule has 0 heterocycles. The van der Waals surface area contributed by atoms with Crippen molar-refractivity contribution in [3.63, 3.8) is 0 Å². The maximum absolute atomic E-state index is 12.4. The van der Waals surface area contributed by atoms with Gasteiger partial charge in [0.1, 0.15) is 6.04 Å². The molecule has 0 radical (unpaired) electrons. The normalized spacial score (nSPS) is 11.1. The molecule has 0 aromatic heterocycles. The number of para-hydroxylation sites is 1. The molecule has 0 fully saturated rings. The van der Waals surface area contributed by atoms with Gasteiger partial charge in [-0.05, 0) is 31.5 Å². The molecule has 2 aromatic rings. The number of benzene rings is 2. The summed E-state index contributed by atoms with van der Waals surface area (Å²) < 4.78 is 5.04. The lowest BCUT2D eigenvalue weighted by molar-refractivity contribution is -0.130. The zero-order valence-electron chi connectivity index (χ0n) is 16.9. The zero-order chi connectivity index (χ0) is 21.9. The number of ether oxygens (including phenoxy) is 1. The summed E-state index contributed by atoms with van der Waals surface area (Å²) in [6, 6.07) is 14.8. The number of rotatable bonds is 9. The largest absolute Gasteiger partial charge is 0.452 e. The number of hydrogen-bond acceptors (Lipinski definition) is 5. The number of nitrogens with one attached hydrogen (secondary N) is 3. The van der Waals surface area contributed by atoms with Crippen LogP contribution in [0.25, 0.3) is 0 Å². The quantitative estimate of drug-likeness (QED) is 0.543. The SMILES string of the molecule is CCNC(=O)[C@@H](C)NC(=O)COC(=O)c1ccccc1NC(=O)Cc1ccccc1. The summed E-state index contributed by atoms with van der Waals surface area (Å²) >= 11 is 0.